The molecule has 0 aliphatic rings. The second-order valence-corrected chi connectivity index (χ2v) is 6.32. The highest BCUT2D eigenvalue weighted by Gasteiger charge is 2.01. The maximum Gasteiger partial charge on any atom is -0.0184 e. The Labute approximate surface area is 171 Å². The van der Waals surface area contributed by atoms with Crippen molar-refractivity contribution in [1.29, 1.82) is 0 Å². The molecule has 144 valence electrons. The fourth-order valence-electron chi connectivity index (χ4n) is 3.06. The summed E-state index contributed by atoms with van der Waals surface area (Å²) in [6.45, 7) is 7.62. The Balaban J connectivity index is 0.00000196. The van der Waals surface area contributed by atoms with E-state index >= 15 is 0 Å². The van der Waals surface area contributed by atoms with Crippen molar-refractivity contribution in [2.24, 2.45) is 0 Å². The van der Waals surface area contributed by atoms with Crippen molar-refractivity contribution < 1.29 is 0 Å². The van der Waals surface area contributed by atoms with E-state index in [1.807, 2.05) is 18.2 Å². The molecule has 0 N–H and O–H groups in total. The van der Waals surface area contributed by atoms with E-state index in [2.05, 4.69) is 86.0 Å². The molecule has 0 aromatic heterocycles. The predicted octanol–water partition coefficient (Wildman–Crippen LogP) is 8.17. The van der Waals surface area contributed by atoms with Crippen LogP contribution in [0.1, 0.15) is 31.5 Å². The van der Waals surface area contributed by atoms with Gasteiger partial charge < -0.3 is 0 Å². The van der Waals surface area contributed by atoms with E-state index < -0.39 is 0 Å². The van der Waals surface area contributed by atoms with Crippen LogP contribution in [0.3, 0.4) is 0 Å². The Kier molecular flexibility index (Phi) is 9.47. The van der Waals surface area contributed by atoms with Crippen molar-refractivity contribution >= 4 is 5.57 Å². The number of rotatable bonds is 7. The van der Waals surface area contributed by atoms with E-state index in [0.717, 1.165) is 18.4 Å². The van der Waals surface area contributed by atoms with E-state index in [9.17, 15) is 0 Å². The third-order valence-electron chi connectivity index (χ3n) is 4.57. The molecule has 3 aromatic rings. The summed E-state index contributed by atoms with van der Waals surface area (Å²) >= 11 is 0. The molecule has 0 unspecified atom stereocenters. The van der Waals surface area contributed by atoms with Crippen molar-refractivity contribution in [1.82, 2.24) is 0 Å². The van der Waals surface area contributed by atoms with Crippen LogP contribution >= 0.6 is 0 Å². The van der Waals surface area contributed by atoms with E-state index in [-0.39, 0.29) is 14.9 Å². The first kappa shape index (κ1) is 22.9. The molecule has 0 nitrogen and oxygen atoms in total. The number of hydrogen-bond acceptors (Lipinski definition) is 0. The molecule has 3 rings (SSSR count). The van der Waals surface area contributed by atoms with Gasteiger partial charge in [0, 0.05) is 0 Å². The number of benzene rings is 3. The van der Waals surface area contributed by atoms with Gasteiger partial charge >= 0.3 is 0 Å². The van der Waals surface area contributed by atoms with Gasteiger partial charge in [0.2, 0.25) is 0 Å². The fraction of sp³-hybridized carbons (Fsp3) is 0.143. The SMILES string of the molecule is C.C.C=C/C=C(\C=C)c1ccc(CCc2ccc(-c3ccccc3)cc2)cc1. The van der Waals surface area contributed by atoms with E-state index in [0.29, 0.717) is 0 Å². The van der Waals surface area contributed by atoms with Gasteiger partial charge in [0.05, 0.1) is 0 Å². The van der Waals surface area contributed by atoms with Crippen LogP contribution in [0.4, 0.5) is 0 Å². The van der Waals surface area contributed by atoms with Gasteiger partial charge in [-0.3, -0.25) is 0 Å². The highest BCUT2D eigenvalue weighted by atomic mass is 14.1. The average Bonchev–Trinajstić information content (AvgIpc) is 2.72. The van der Waals surface area contributed by atoms with Crippen LogP contribution < -0.4 is 0 Å². The quantitative estimate of drug-likeness (QED) is 0.369. The lowest BCUT2D eigenvalue weighted by molar-refractivity contribution is 0.960. The normalized spacial score (nSPS) is 10.4. The Morgan fingerprint density at radius 1 is 0.643 bits per heavy atom. The fourth-order valence-corrected chi connectivity index (χ4v) is 3.06. The molecule has 0 spiro atoms. The lowest BCUT2D eigenvalue weighted by atomic mass is 9.98. The number of aryl methyl sites for hydroxylation is 2. The first-order valence-corrected chi connectivity index (χ1v) is 8.99. The highest BCUT2D eigenvalue weighted by molar-refractivity contribution is 5.74. The minimum Gasteiger partial charge on any atom is -0.0990 e. The second-order valence-electron chi connectivity index (χ2n) is 6.32. The Morgan fingerprint density at radius 2 is 1.14 bits per heavy atom. The maximum atomic E-state index is 3.87. The van der Waals surface area contributed by atoms with Crippen LogP contribution in [0.2, 0.25) is 0 Å². The van der Waals surface area contributed by atoms with Crippen LogP contribution in [0, 0.1) is 0 Å². The molecular formula is C28H32. The summed E-state index contributed by atoms with van der Waals surface area (Å²) in [5.74, 6) is 0. The Hall–Kier alpha value is -3.12. The summed E-state index contributed by atoms with van der Waals surface area (Å²) in [6.07, 6.45) is 7.73. The minimum absolute atomic E-state index is 0. The smallest absolute Gasteiger partial charge is 0.0184 e. The summed E-state index contributed by atoms with van der Waals surface area (Å²) in [4.78, 5) is 0. The minimum atomic E-state index is 0. The molecule has 0 amide bonds. The zero-order chi connectivity index (χ0) is 18.2. The third-order valence-corrected chi connectivity index (χ3v) is 4.57. The second kappa shape index (κ2) is 11.6. The van der Waals surface area contributed by atoms with Crippen molar-refractivity contribution in [3.05, 3.63) is 127 Å². The van der Waals surface area contributed by atoms with Crippen LogP contribution in [0.25, 0.3) is 16.7 Å². The number of hydrogen-bond donors (Lipinski definition) is 0. The lowest BCUT2D eigenvalue weighted by Gasteiger charge is -2.07. The summed E-state index contributed by atoms with van der Waals surface area (Å²) in [6, 6.07) is 28.1. The van der Waals surface area contributed by atoms with Crippen LogP contribution in [0.15, 0.2) is 110 Å². The van der Waals surface area contributed by atoms with Crippen molar-refractivity contribution in [2.75, 3.05) is 0 Å². The van der Waals surface area contributed by atoms with Gasteiger partial charge in [-0.25, -0.2) is 0 Å². The van der Waals surface area contributed by atoms with Gasteiger partial charge in [0.25, 0.3) is 0 Å². The molecular weight excluding hydrogens is 336 g/mol. The summed E-state index contributed by atoms with van der Waals surface area (Å²) in [7, 11) is 0. The molecule has 3 aromatic carbocycles. The highest BCUT2D eigenvalue weighted by Crippen LogP contribution is 2.21. The molecule has 28 heavy (non-hydrogen) atoms. The first-order chi connectivity index (χ1) is 12.8. The maximum absolute atomic E-state index is 3.87. The van der Waals surface area contributed by atoms with Gasteiger partial charge in [-0.05, 0) is 46.2 Å². The molecule has 0 aliphatic carbocycles. The zero-order valence-electron chi connectivity index (χ0n) is 15.1. The van der Waals surface area contributed by atoms with Gasteiger partial charge in [-0.2, -0.15) is 0 Å². The van der Waals surface area contributed by atoms with Crippen LogP contribution in [-0.2, 0) is 12.8 Å². The lowest BCUT2D eigenvalue weighted by Crippen LogP contribution is -1.92. The largest absolute Gasteiger partial charge is 0.0990 e. The van der Waals surface area contributed by atoms with Gasteiger partial charge in [-0.15, -0.1) is 0 Å². The standard InChI is InChI=1S/C26H24.2CH4/c1-3-8-23(4-2)25-17-13-21(14-18-25)11-12-22-15-19-26(20-16-22)24-9-6-5-7-10-24;;/h3-10,13-20H,1-2,11-12H2;2*1H4/b23-8+;;. The molecule has 0 heteroatoms. The topological polar surface area (TPSA) is 0 Å². The van der Waals surface area contributed by atoms with Crippen molar-refractivity contribution in [3.63, 3.8) is 0 Å². The Morgan fingerprint density at radius 3 is 1.64 bits per heavy atom. The molecule has 0 saturated carbocycles. The predicted molar refractivity (Wildman–Crippen MR) is 128 cm³/mol. The van der Waals surface area contributed by atoms with Crippen LogP contribution in [-0.4, -0.2) is 0 Å². The molecule has 0 radical (unpaired) electrons. The monoisotopic (exact) mass is 368 g/mol. The molecule has 0 heterocycles. The zero-order valence-corrected chi connectivity index (χ0v) is 15.1. The first-order valence-electron chi connectivity index (χ1n) is 8.99. The van der Waals surface area contributed by atoms with E-state index in [4.69, 9.17) is 0 Å². The number of allylic oxidation sites excluding steroid dienone is 4. The Bertz CT molecular complexity index is 879. The summed E-state index contributed by atoms with van der Waals surface area (Å²) in [5.41, 5.74) is 7.53. The van der Waals surface area contributed by atoms with Gasteiger partial charge in [-0.1, -0.05) is 125 Å². The van der Waals surface area contributed by atoms with Crippen molar-refractivity contribution in [3.8, 4) is 11.1 Å². The molecule has 0 saturated heterocycles. The van der Waals surface area contributed by atoms with Gasteiger partial charge in [0.15, 0.2) is 0 Å². The molecule has 0 atom stereocenters. The molecule has 0 bridgehead atoms. The molecule has 0 aliphatic heterocycles. The van der Waals surface area contributed by atoms with E-state index in [1.54, 1.807) is 6.08 Å². The van der Waals surface area contributed by atoms with E-state index in [1.165, 1.54) is 27.8 Å². The van der Waals surface area contributed by atoms with Gasteiger partial charge in [0.1, 0.15) is 0 Å². The van der Waals surface area contributed by atoms with Crippen LogP contribution in [0.5, 0.6) is 0 Å². The van der Waals surface area contributed by atoms with Crippen molar-refractivity contribution in [2.45, 2.75) is 27.7 Å². The summed E-state index contributed by atoms with van der Waals surface area (Å²) < 4.78 is 0. The summed E-state index contributed by atoms with van der Waals surface area (Å²) in [5, 5.41) is 0. The third kappa shape index (κ3) is 5.96. The molecule has 0 fully saturated rings. The average molecular weight is 369 g/mol.